The van der Waals surface area contributed by atoms with Crippen LogP contribution >= 0.6 is 11.8 Å². The van der Waals surface area contributed by atoms with Crippen LogP contribution in [0.4, 0.5) is 17.1 Å². The lowest BCUT2D eigenvalue weighted by molar-refractivity contribution is 0.474. The Morgan fingerprint density at radius 1 is 0.886 bits per heavy atom. The van der Waals surface area contributed by atoms with Gasteiger partial charge in [-0.15, -0.1) is 0 Å². The number of hydrogen-bond donors (Lipinski definition) is 2. The summed E-state index contributed by atoms with van der Waals surface area (Å²) in [6.07, 6.45) is 1.63. The highest BCUT2D eigenvalue weighted by molar-refractivity contribution is 7.99. The molecular formula is C29H21N3O2S. The van der Waals surface area contributed by atoms with E-state index in [1.165, 1.54) is 4.90 Å². The number of aryl methyl sites for hydroxylation is 1. The lowest BCUT2D eigenvalue weighted by atomic mass is 10.1. The number of benzene rings is 4. The molecule has 0 spiro atoms. The zero-order chi connectivity index (χ0) is 23.9. The Bertz CT molecular complexity index is 1690. The molecule has 0 saturated heterocycles. The number of anilines is 2. The highest BCUT2D eigenvalue weighted by Gasteiger charge is 2.18. The minimum absolute atomic E-state index is 0.0794. The van der Waals surface area contributed by atoms with Gasteiger partial charge in [0.1, 0.15) is 5.75 Å². The van der Waals surface area contributed by atoms with Crippen LogP contribution in [0.1, 0.15) is 11.1 Å². The Labute approximate surface area is 206 Å². The number of phenols is 1. The van der Waals surface area contributed by atoms with Gasteiger partial charge in [0.15, 0.2) is 0 Å². The van der Waals surface area contributed by atoms with E-state index >= 15 is 0 Å². The zero-order valence-corrected chi connectivity index (χ0v) is 19.7. The molecule has 0 saturated carbocycles. The summed E-state index contributed by atoms with van der Waals surface area (Å²) in [7, 11) is 0. The molecule has 1 aromatic heterocycles. The fourth-order valence-electron chi connectivity index (χ4n) is 4.31. The van der Waals surface area contributed by atoms with Gasteiger partial charge in [0.2, 0.25) is 0 Å². The number of rotatable bonds is 3. The number of fused-ring (bicyclic) bond motifs is 3. The van der Waals surface area contributed by atoms with Gasteiger partial charge in [-0.05, 0) is 73.2 Å². The Kier molecular flexibility index (Phi) is 5.16. The molecule has 0 fully saturated rings. The summed E-state index contributed by atoms with van der Waals surface area (Å²) < 4.78 is 1.74. The number of phenolic OH excluding ortho intramolecular Hbond substituents is 1. The number of hydrogen-bond acceptors (Lipinski definition) is 5. The molecule has 0 radical (unpaired) electrons. The molecule has 0 aliphatic carbocycles. The average Bonchev–Trinajstić information content (AvgIpc) is 2.87. The summed E-state index contributed by atoms with van der Waals surface area (Å²) in [5, 5.41) is 14.5. The van der Waals surface area contributed by atoms with Crippen LogP contribution in [0.25, 0.3) is 16.6 Å². The van der Waals surface area contributed by atoms with Crippen molar-refractivity contribution in [3.63, 3.8) is 0 Å². The summed E-state index contributed by atoms with van der Waals surface area (Å²) >= 11 is 1.73. The smallest absolute Gasteiger partial charge is 0.255 e. The number of aromatic nitrogens is 1. The number of nitrogens with one attached hydrogen (secondary N) is 1. The van der Waals surface area contributed by atoms with Crippen LogP contribution in [0.2, 0.25) is 0 Å². The maximum Gasteiger partial charge on any atom is 0.255 e. The molecule has 0 amide bonds. The third-order valence-corrected chi connectivity index (χ3v) is 7.23. The molecule has 170 valence electrons. The van der Waals surface area contributed by atoms with Crippen molar-refractivity contribution in [2.75, 3.05) is 5.32 Å². The first-order valence-electron chi connectivity index (χ1n) is 11.2. The first-order valence-corrected chi connectivity index (χ1v) is 12.1. The van der Waals surface area contributed by atoms with Crippen molar-refractivity contribution in [1.29, 1.82) is 0 Å². The SMILES string of the molecule is Cc1cc(=O)n(-c2ccc(N=Cc3ccccc3O)cc2)c2cc3c(cc12)Sc1ccccc1N3. The van der Waals surface area contributed by atoms with Gasteiger partial charge < -0.3 is 10.4 Å². The third-order valence-electron chi connectivity index (χ3n) is 6.10. The van der Waals surface area contributed by atoms with Crippen molar-refractivity contribution in [2.24, 2.45) is 4.99 Å². The molecule has 2 N–H and O–H groups in total. The van der Waals surface area contributed by atoms with Crippen molar-refractivity contribution in [1.82, 2.24) is 4.57 Å². The van der Waals surface area contributed by atoms with E-state index in [2.05, 4.69) is 34.6 Å². The van der Waals surface area contributed by atoms with Gasteiger partial charge in [0, 0.05) is 38.7 Å². The van der Waals surface area contributed by atoms with E-state index in [1.54, 1.807) is 46.8 Å². The second-order valence-corrected chi connectivity index (χ2v) is 9.51. The van der Waals surface area contributed by atoms with Crippen LogP contribution in [0.15, 0.2) is 111 Å². The molecule has 6 rings (SSSR count). The molecule has 0 bridgehead atoms. The number of aliphatic imine (C=N–C) groups is 1. The maximum atomic E-state index is 13.1. The molecular weight excluding hydrogens is 454 g/mol. The van der Waals surface area contributed by atoms with Crippen LogP contribution in [-0.4, -0.2) is 15.9 Å². The molecule has 4 aromatic carbocycles. The highest BCUT2D eigenvalue weighted by atomic mass is 32.2. The topological polar surface area (TPSA) is 66.6 Å². The fraction of sp³-hybridized carbons (Fsp3) is 0.0345. The molecule has 0 unspecified atom stereocenters. The van der Waals surface area contributed by atoms with E-state index in [0.717, 1.165) is 44.1 Å². The zero-order valence-electron chi connectivity index (χ0n) is 18.9. The Balaban J connectivity index is 1.41. The minimum atomic E-state index is -0.0794. The molecule has 1 aliphatic heterocycles. The van der Waals surface area contributed by atoms with Crippen LogP contribution < -0.4 is 10.9 Å². The molecule has 6 heteroatoms. The lowest BCUT2D eigenvalue weighted by Gasteiger charge is -2.22. The first-order chi connectivity index (χ1) is 17.1. The first kappa shape index (κ1) is 21.3. The summed E-state index contributed by atoms with van der Waals surface area (Å²) in [6.45, 7) is 1.98. The van der Waals surface area contributed by atoms with E-state index in [-0.39, 0.29) is 11.3 Å². The van der Waals surface area contributed by atoms with Gasteiger partial charge in [-0.3, -0.25) is 14.4 Å². The van der Waals surface area contributed by atoms with Crippen molar-refractivity contribution < 1.29 is 5.11 Å². The number of pyridine rings is 1. The van der Waals surface area contributed by atoms with E-state index in [0.29, 0.717) is 5.56 Å². The van der Waals surface area contributed by atoms with E-state index in [1.807, 2.05) is 49.4 Å². The second-order valence-electron chi connectivity index (χ2n) is 8.42. The van der Waals surface area contributed by atoms with Gasteiger partial charge in [-0.2, -0.15) is 0 Å². The predicted octanol–water partition coefficient (Wildman–Crippen LogP) is 6.96. The molecule has 5 nitrogen and oxygen atoms in total. The lowest BCUT2D eigenvalue weighted by Crippen LogP contribution is -2.18. The summed E-state index contributed by atoms with van der Waals surface area (Å²) in [5.41, 5.74) is 5.93. The van der Waals surface area contributed by atoms with Crippen molar-refractivity contribution in [2.45, 2.75) is 16.7 Å². The second kappa shape index (κ2) is 8.49. The number of nitrogens with zero attached hydrogens (tertiary/aromatic N) is 2. The molecule has 5 aromatic rings. The van der Waals surface area contributed by atoms with Crippen LogP contribution in [-0.2, 0) is 0 Å². The monoisotopic (exact) mass is 475 g/mol. The van der Waals surface area contributed by atoms with Crippen molar-refractivity contribution in [3.8, 4) is 11.4 Å². The highest BCUT2D eigenvalue weighted by Crippen LogP contribution is 2.45. The van der Waals surface area contributed by atoms with E-state index in [9.17, 15) is 9.90 Å². The van der Waals surface area contributed by atoms with Crippen molar-refractivity contribution >= 4 is 45.9 Å². The van der Waals surface area contributed by atoms with Gasteiger partial charge in [0.05, 0.1) is 22.6 Å². The minimum Gasteiger partial charge on any atom is -0.507 e. The molecule has 1 aliphatic rings. The van der Waals surface area contributed by atoms with Gasteiger partial charge in [-0.25, -0.2) is 0 Å². The average molecular weight is 476 g/mol. The quantitative estimate of drug-likeness (QED) is 0.272. The largest absolute Gasteiger partial charge is 0.507 e. The standard InChI is InChI=1S/C29H21N3O2S/c1-18-14-29(34)32(21-12-10-20(11-13-21)30-17-19-6-2-4-8-26(19)33)25-16-24-28(15-22(18)25)35-27-9-5-3-7-23(27)31-24/h2-17,31,33H,1H3. The van der Waals surface area contributed by atoms with Gasteiger partial charge in [0.25, 0.3) is 5.56 Å². The van der Waals surface area contributed by atoms with Gasteiger partial charge in [-0.1, -0.05) is 36.0 Å². The summed E-state index contributed by atoms with van der Waals surface area (Å²) in [5.74, 6) is 0.184. The summed E-state index contributed by atoms with van der Waals surface area (Å²) in [6, 6.07) is 28.7. The predicted molar refractivity (Wildman–Crippen MR) is 143 cm³/mol. The Morgan fingerprint density at radius 3 is 2.49 bits per heavy atom. The Hall–Kier alpha value is -4.29. The maximum absolute atomic E-state index is 13.1. The molecule has 2 heterocycles. The van der Waals surface area contributed by atoms with Crippen LogP contribution in [0.3, 0.4) is 0 Å². The fourth-order valence-corrected chi connectivity index (χ4v) is 5.32. The van der Waals surface area contributed by atoms with E-state index < -0.39 is 0 Å². The number of aromatic hydroxyl groups is 1. The normalized spacial score (nSPS) is 12.4. The Morgan fingerprint density at radius 2 is 1.66 bits per heavy atom. The molecule has 35 heavy (non-hydrogen) atoms. The van der Waals surface area contributed by atoms with Crippen LogP contribution in [0.5, 0.6) is 5.75 Å². The molecule has 0 atom stereocenters. The number of para-hydroxylation sites is 2. The third kappa shape index (κ3) is 3.88. The summed E-state index contributed by atoms with van der Waals surface area (Å²) in [4.78, 5) is 19.9. The van der Waals surface area contributed by atoms with Crippen molar-refractivity contribution in [3.05, 3.63) is 112 Å². The van der Waals surface area contributed by atoms with Crippen LogP contribution in [0, 0.1) is 6.92 Å². The van der Waals surface area contributed by atoms with Gasteiger partial charge >= 0.3 is 0 Å². The van der Waals surface area contributed by atoms with E-state index in [4.69, 9.17) is 0 Å².